The molecule has 1 aromatic carbocycles. The molecule has 1 rings (SSSR count). The van der Waals surface area contributed by atoms with E-state index in [1.54, 1.807) is 26.8 Å². The second-order valence-electron chi connectivity index (χ2n) is 5.17. The number of hydrogen-bond acceptors (Lipinski definition) is 4. The number of primary amides is 1. The first-order valence-electron chi connectivity index (χ1n) is 5.99. The molecule has 0 atom stereocenters. The van der Waals surface area contributed by atoms with Crippen LogP contribution >= 0.6 is 0 Å². The van der Waals surface area contributed by atoms with Crippen LogP contribution in [-0.4, -0.2) is 17.4 Å². The molecule has 0 aromatic heterocycles. The number of benzene rings is 1. The van der Waals surface area contributed by atoms with Crippen LogP contribution < -0.4 is 11.1 Å². The summed E-state index contributed by atoms with van der Waals surface area (Å²) in [4.78, 5) is 21.6. The first kappa shape index (κ1) is 15.1. The van der Waals surface area contributed by atoms with E-state index in [2.05, 4.69) is 5.32 Å². The van der Waals surface area contributed by atoms with Gasteiger partial charge in [-0.05, 0) is 26.3 Å². The Labute approximate surface area is 112 Å². The number of carbonyl (C=O) groups excluding carboxylic acids is 1. The number of amides is 1. The molecule has 104 valence electrons. The summed E-state index contributed by atoms with van der Waals surface area (Å²) in [5, 5.41) is 13.9. The lowest BCUT2D eigenvalue weighted by molar-refractivity contribution is -0.385. The molecule has 1 amide bonds. The molecule has 0 fully saturated rings. The molecule has 0 aliphatic heterocycles. The maximum atomic E-state index is 11.2. The zero-order valence-corrected chi connectivity index (χ0v) is 11.4. The molecule has 0 aliphatic rings. The van der Waals surface area contributed by atoms with E-state index in [1.165, 1.54) is 6.07 Å². The predicted octanol–water partition coefficient (Wildman–Crippen LogP) is 1.50. The average Bonchev–Trinajstić information content (AvgIpc) is 2.30. The van der Waals surface area contributed by atoms with E-state index in [4.69, 9.17) is 5.73 Å². The zero-order valence-electron chi connectivity index (χ0n) is 11.4. The number of nitrogens with zero attached hydrogens (tertiary/aromatic N) is 1. The van der Waals surface area contributed by atoms with Crippen LogP contribution in [0.2, 0.25) is 0 Å². The number of nitro groups is 1. The monoisotopic (exact) mass is 265 g/mol. The van der Waals surface area contributed by atoms with E-state index in [9.17, 15) is 14.9 Å². The van der Waals surface area contributed by atoms with Crippen molar-refractivity contribution in [3.8, 4) is 0 Å². The lowest BCUT2D eigenvalue weighted by atomic mass is 9.92. The average molecular weight is 265 g/mol. The van der Waals surface area contributed by atoms with Crippen molar-refractivity contribution in [2.45, 2.75) is 27.3 Å². The van der Waals surface area contributed by atoms with E-state index < -0.39 is 10.3 Å². The first-order valence-corrected chi connectivity index (χ1v) is 5.99. The van der Waals surface area contributed by atoms with E-state index in [0.29, 0.717) is 18.7 Å². The van der Waals surface area contributed by atoms with E-state index in [-0.39, 0.29) is 11.6 Å². The molecule has 0 radical (unpaired) electrons. The molecule has 6 nitrogen and oxygen atoms in total. The van der Waals surface area contributed by atoms with E-state index in [0.717, 1.165) is 5.56 Å². The van der Waals surface area contributed by atoms with Gasteiger partial charge in [0.2, 0.25) is 5.91 Å². The van der Waals surface area contributed by atoms with Gasteiger partial charge in [-0.1, -0.05) is 12.1 Å². The van der Waals surface area contributed by atoms with Gasteiger partial charge < -0.3 is 11.1 Å². The SMILES string of the molecule is Cc1c(CNCC(C)(C)C(N)=O)cccc1[N+](=O)[O-]. The highest BCUT2D eigenvalue weighted by molar-refractivity contribution is 5.80. The molecule has 0 unspecified atom stereocenters. The Kier molecular flexibility index (Phi) is 4.61. The number of hydrogen-bond donors (Lipinski definition) is 2. The largest absolute Gasteiger partial charge is 0.369 e. The summed E-state index contributed by atoms with van der Waals surface area (Å²) in [5.41, 5.74) is 6.21. The molecule has 1 aromatic rings. The van der Waals surface area contributed by atoms with Crippen LogP contribution in [0.1, 0.15) is 25.0 Å². The van der Waals surface area contributed by atoms with Crippen molar-refractivity contribution < 1.29 is 9.72 Å². The van der Waals surface area contributed by atoms with Gasteiger partial charge in [-0.15, -0.1) is 0 Å². The summed E-state index contributed by atoms with van der Waals surface area (Å²) in [6.45, 7) is 6.11. The minimum absolute atomic E-state index is 0.105. The highest BCUT2D eigenvalue weighted by Gasteiger charge is 2.24. The van der Waals surface area contributed by atoms with Gasteiger partial charge >= 0.3 is 0 Å². The number of nitrogens with one attached hydrogen (secondary N) is 1. The van der Waals surface area contributed by atoms with Crippen LogP contribution in [0.3, 0.4) is 0 Å². The summed E-state index contributed by atoms with van der Waals surface area (Å²) in [6.07, 6.45) is 0. The van der Waals surface area contributed by atoms with Gasteiger partial charge in [-0.2, -0.15) is 0 Å². The number of rotatable bonds is 6. The van der Waals surface area contributed by atoms with Crippen molar-refractivity contribution >= 4 is 11.6 Å². The third kappa shape index (κ3) is 3.75. The molecule has 0 aliphatic carbocycles. The maximum Gasteiger partial charge on any atom is 0.272 e. The Bertz CT molecular complexity index is 498. The fraction of sp³-hybridized carbons (Fsp3) is 0.462. The van der Waals surface area contributed by atoms with Crippen molar-refractivity contribution in [2.75, 3.05) is 6.54 Å². The quantitative estimate of drug-likeness (QED) is 0.601. The normalized spacial score (nSPS) is 11.3. The standard InChI is InChI=1S/C13H19N3O3/c1-9-10(5-4-6-11(9)16(18)19)7-15-8-13(2,3)12(14)17/h4-6,15H,7-8H2,1-3H3,(H2,14,17). The molecule has 0 bridgehead atoms. The smallest absolute Gasteiger partial charge is 0.272 e. The second kappa shape index (κ2) is 5.79. The van der Waals surface area contributed by atoms with Crippen LogP contribution in [0.4, 0.5) is 5.69 Å². The summed E-state index contributed by atoms with van der Waals surface area (Å²) in [5.74, 6) is -0.379. The van der Waals surface area contributed by atoms with E-state index >= 15 is 0 Å². The Morgan fingerprint density at radius 1 is 1.47 bits per heavy atom. The highest BCUT2D eigenvalue weighted by Crippen LogP contribution is 2.21. The lowest BCUT2D eigenvalue weighted by Crippen LogP contribution is -2.40. The Morgan fingerprint density at radius 3 is 2.63 bits per heavy atom. The molecule has 6 heteroatoms. The minimum Gasteiger partial charge on any atom is -0.369 e. The molecular formula is C13H19N3O3. The van der Waals surface area contributed by atoms with Gasteiger partial charge in [-0.3, -0.25) is 14.9 Å². The Hall–Kier alpha value is -1.95. The van der Waals surface area contributed by atoms with Crippen LogP contribution in [-0.2, 0) is 11.3 Å². The van der Waals surface area contributed by atoms with E-state index in [1.807, 2.05) is 6.07 Å². The fourth-order valence-corrected chi connectivity index (χ4v) is 1.66. The number of nitrogens with two attached hydrogens (primary N) is 1. The third-order valence-electron chi connectivity index (χ3n) is 3.16. The number of carbonyl (C=O) groups is 1. The fourth-order valence-electron chi connectivity index (χ4n) is 1.66. The summed E-state index contributed by atoms with van der Waals surface area (Å²) in [7, 11) is 0. The van der Waals surface area contributed by atoms with Crippen LogP contribution in [0.15, 0.2) is 18.2 Å². The second-order valence-corrected chi connectivity index (χ2v) is 5.17. The van der Waals surface area contributed by atoms with Crippen LogP contribution in [0.5, 0.6) is 0 Å². The van der Waals surface area contributed by atoms with Gasteiger partial charge in [-0.25, -0.2) is 0 Å². The summed E-state index contributed by atoms with van der Waals surface area (Å²) < 4.78 is 0. The molecule has 0 saturated carbocycles. The summed E-state index contributed by atoms with van der Waals surface area (Å²) >= 11 is 0. The topological polar surface area (TPSA) is 98.3 Å². The first-order chi connectivity index (χ1) is 8.75. The number of nitro benzene ring substituents is 1. The van der Waals surface area contributed by atoms with Gasteiger partial charge in [0, 0.05) is 24.7 Å². The highest BCUT2D eigenvalue weighted by atomic mass is 16.6. The maximum absolute atomic E-state index is 11.2. The van der Waals surface area contributed by atoms with Crippen molar-refractivity contribution in [3.05, 3.63) is 39.4 Å². The van der Waals surface area contributed by atoms with Gasteiger partial charge in [0.1, 0.15) is 0 Å². The molecule has 19 heavy (non-hydrogen) atoms. The predicted molar refractivity (Wildman–Crippen MR) is 72.5 cm³/mol. The van der Waals surface area contributed by atoms with Crippen molar-refractivity contribution in [1.82, 2.24) is 5.32 Å². The lowest BCUT2D eigenvalue weighted by Gasteiger charge is -2.21. The van der Waals surface area contributed by atoms with Crippen molar-refractivity contribution in [2.24, 2.45) is 11.1 Å². The molecule has 0 heterocycles. The van der Waals surface area contributed by atoms with Gasteiger partial charge in [0.15, 0.2) is 0 Å². The molecule has 3 N–H and O–H groups in total. The minimum atomic E-state index is -0.644. The molecule has 0 saturated heterocycles. The Balaban J connectivity index is 2.72. The zero-order chi connectivity index (χ0) is 14.6. The van der Waals surface area contributed by atoms with Gasteiger partial charge in [0.05, 0.1) is 10.3 Å². The third-order valence-corrected chi connectivity index (χ3v) is 3.16. The molecular weight excluding hydrogens is 246 g/mol. The van der Waals surface area contributed by atoms with Crippen LogP contribution in [0.25, 0.3) is 0 Å². The molecule has 0 spiro atoms. The summed E-state index contributed by atoms with van der Waals surface area (Å²) in [6, 6.07) is 4.96. The Morgan fingerprint density at radius 2 is 2.11 bits per heavy atom. The van der Waals surface area contributed by atoms with Crippen LogP contribution in [0, 0.1) is 22.5 Å². The van der Waals surface area contributed by atoms with Crippen molar-refractivity contribution in [1.29, 1.82) is 0 Å². The van der Waals surface area contributed by atoms with Crippen molar-refractivity contribution in [3.63, 3.8) is 0 Å². The van der Waals surface area contributed by atoms with Gasteiger partial charge in [0.25, 0.3) is 5.69 Å².